The molecule has 1 atom stereocenters. The number of ether oxygens (including phenoxy) is 1. The van der Waals surface area contributed by atoms with Gasteiger partial charge in [-0.15, -0.1) is 5.10 Å². The molecule has 1 aromatic carbocycles. The summed E-state index contributed by atoms with van der Waals surface area (Å²) < 4.78 is 6.87. The number of aryl methyl sites for hydroxylation is 1. The van der Waals surface area contributed by atoms with Gasteiger partial charge in [0.25, 0.3) is 0 Å². The lowest BCUT2D eigenvalue weighted by molar-refractivity contribution is -0.139. The zero-order valence-electron chi connectivity index (χ0n) is 15.3. The van der Waals surface area contributed by atoms with Gasteiger partial charge < -0.3 is 15.4 Å². The largest absolute Gasteiger partial charge is 0.463 e. The smallest absolute Gasteiger partial charge is 0.338 e. The summed E-state index contributed by atoms with van der Waals surface area (Å²) in [6.45, 7) is 4.49. The first-order chi connectivity index (χ1) is 13.5. The van der Waals surface area contributed by atoms with E-state index in [0.717, 1.165) is 5.56 Å². The normalized spacial score (nSPS) is 16.5. The quantitative estimate of drug-likeness (QED) is 0.520. The first-order valence-corrected chi connectivity index (χ1v) is 10.0. The molecule has 0 radical (unpaired) electrons. The zero-order valence-corrected chi connectivity index (χ0v) is 16.9. The molecule has 2 heterocycles. The number of urea groups is 1. The topological polar surface area (TPSA) is 111 Å². The Kier molecular flexibility index (Phi) is 6.53. The van der Waals surface area contributed by atoms with Crippen molar-refractivity contribution in [3.05, 3.63) is 46.1 Å². The molecule has 1 aliphatic rings. The second kappa shape index (κ2) is 9.07. The van der Waals surface area contributed by atoms with Crippen molar-refractivity contribution in [3.8, 4) is 0 Å². The average molecular weight is 423 g/mol. The number of tetrazole rings is 1. The molecule has 9 nitrogen and oxygen atoms in total. The van der Waals surface area contributed by atoms with Gasteiger partial charge >= 0.3 is 12.0 Å². The Balaban J connectivity index is 1.96. The van der Waals surface area contributed by atoms with Crippen molar-refractivity contribution in [1.29, 1.82) is 0 Å². The number of amides is 2. The first kappa shape index (κ1) is 20.2. The second-order valence-corrected chi connectivity index (χ2v) is 7.14. The number of rotatable bonds is 7. The number of nitrogens with one attached hydrogen (secondary N) is 2. The fourth-order valence-corrected chi connectivity index (χ4v) is 3.76. The van der Waals surface area contributed by atoms with Crippen LogP contribution in [0.1, 0.15) is 25.5 Å². The SMILES string of the molecule is CCOC(=O)C1=C(CSc2nnnn2CC)NC(=O)N[C@@H]1c1ccc(Cl)cc1. The molecule has 0 unspecified atom stereocenters. The monoisotopic (exact) mass is 422 g/mol. The van der Waals surface area contributed by atoms with E-state index in [1.54, 1.807) is 35.9 Å². The Hall–Kier alpha value is -2.59. The summed E-state index contributed by atoms with van der Waals surface area (Å²) in [5.74, 6) is -0.202. The van der Waals surface area contributed by atoms with Crippen LogP contribution >= 0.6 is 23.4 Å². The molecular formula is C17H19ClN6O3S. The molecular weight excluding hydrogens is 404 g/mol. The van der Waals surface area contributed by atoms with Crippen LogP contribution < -0.4 is 10.6 Å². The summed E-state index contributed by atoms with van der Waals surface area (Å²) >= 11 is 7.29. The maximum Gasteiger partial charge on any atom is 0.338 e. The van der Waals surface area contributed by atoms with Gasteiger partial charge in [-0.1, -0.05) is 35.5 Å². The number of hydrogen-bond donors (Lipinski definition) is 2. The van der Waals surface area contributed by atoms with Crippen LogP contribution in [0, 0.1) is 0 Å². The summed E-state index contributed by atoms with van der Waals surface area (Å²) in [6, 6.07) is 5.89. The Bertz CT molecular complexity index is 899. The van der Waals surface area contributed by atoms with Gasteiger partial charge in [-0.2, -0.15) is 0 Å². The third kappa shape index (κ3) is 4.45. The number of carbonyl (C=O) groups is 2. The van der Waals surface area contributed by atoms with E-state index in [1.807, 2.05) is 6.92 Å². The van der Waals surface area contributed by atoms with Gasteiger partial charge in [0, 0.05) is 23.0 Å². The van der Waals surface area contributed by atoms with Crippen molar-refractivity contribution in [2.24, 2.45) is 0 Å². The second-order valence-electron chi connectivity index (χ2n) is 5.76. The van der Waals surface area contributed by atoms with Crippen molar-refractivity contribution in [1.82, 2.24) is 30.8 Å². The molecule has 28 heavy (non-hydrogen) atoms. The van der Waals surface area contributed by atoms with E-state index in [2.05, 4.69) is 26.2 Å². The van der Waals surface area contributed by atoms with E-state index >= 15 is 0 Å². The fourth-order valence-electron chi connectivity index (χ4n) is 2.72. The maximum atomic E-state index is 12.7. The van der Waals surface area contributed by atoms with E-state index in [0.29, 0.717) is 33.7 Å². The minimum atomic E-state index is -0.650. The van der Waals surface area contributed by atoms with Gasteiger partial charge in [-0.05, 0) is 42.0 Å². The molecule has 1 aliphatic heterocycles. The lowest BCUT2D eigenvalue weighted by Crippen LogP contribution is -2.46. The van der Waals surface area contributed by atoms with Crippen molar-refractivity contribution in [3.63, 3.8) is 0 Å². The molecule has 2 N–H and O–H groups in total. The summed E-state index contributed by atoms with van der Waals surface area (Å²) in [7, 11) is 0. The predicted octanol–water partition coefficient (Wildman–Crippen LogP) is 2.31. The van der Waals surface area contributed by atoms with Crippen LogP contribution in [-0.2, 0) is 16.1 Å². The third-order valence-electron chi connectivity index (χ3n) is 4.00. The van der Waals surface area contributed by atoms with Crippen LogP contribution in [0.15, 0.2) is 40.7 Å². The first-order valence-electron chi connectivity index (χ1n) is 8.65. The van der Waals surface area contributed by atoms with Crippen LogP contribution in [0.3, 0.4) is 0 Å². The van der Waals surface area contributed by atoms with Crippen LogP contribution in [0.2, 0.25) is 5.02 Å². The minimum Gasteiger partial charge on any atom is -0.463 e. The molecule has 2 aromatic rings. The van der Waals surface area contributed by atoms with E-state index in [1.165, 1.54) is 11.8 Å². The van der Waals surface area contributed by atoms with Gasteiger partial charge in [0.05, 0.1) is 18.2 Å². The summed E-state index contributed by atoms with van der Waals surface area (Å²) in [5, 5.41) is 18.2. The van der Waals surface area contributed by atoms with Gasteiger partial charge in [-0.3, -0.25) is 0 Å². The minimum absolute atomic E-state index is 0.220. The molecule has 0 saturated heterocycles. The number of carbonyl (C=O) groups excluding carboxylic acids is 2. The van der Waals surface area contributed by atoms with E-state index < -0.39 is 18.0 Å². The van der Waals surface area contributed by atoms with Crippen molar-refractivity contribution >= 4 is 35.4 Å². The van der Waals surface area contributed by atoms with Crippen molar-refractivity contribution < 1.29 is 14.3 Å². The van der Waals surface area contributed by atoms with Crippen LogP contribution in [0.25, 0.3) is 0 Å². The standard InChI is InChI=1S/C17H19ClN6O3S/c1-3-24-17(21-22-23-24)28-9-12-13(15(25)27-4-2)14(20-16(26)19-12)10-5-7-11(18)8-6-10/h5-8,14H,3-4,9H2,1-2H3,(H2,19,20,26)/t14-/m1/s1. The number of thioether (sulfide) groups is 1. The molecule has 0 aliphatic carbocycles. The molecule has 0 fully saturated rings. The lowest BCUT2D eigenvalue weighted by atomic mass is 9.95. The fraction of sp³-hybridized carbons (Fsp3) is 0.353. The Morgan fingerprint density at radius 2 is 2.07 bits per heavy atom. The van der Waals surface area contributed by atoms with Gasteiger partial charge in [0.2, 0.25) is 5.16 Å². The number of esters is 1. The number of benzene rings is 1. The van der Waals surface area contributed by atoms with Crippen LogP contribution in [0.4, 0.5) is 4.79 Å². The Labute approximate surface area is 170 Å². The summed E-state index contributed by atoms with van der Waals surface area (Å²) in [6.07, 6.45) is 0. The number of aromatic nitrogens is 4. The average Bonchev–Trinajstić information content (AvgIpc) is 3.14. The summed E-state index contributed by atoms with van der Waals surface area (Å²) in [4.78, 5) is 24.9. The zero-order chi connectivity index (χ0) is 20.1. The molecule has 3 rings (SSSR count). The molecule has 0 saturated carbocycles. The van der Waals surface area contributed by atoms with E-state index in [-0.39, 0.29) is 6.61 Å². The lowest BCUT2D eigenvalue weighted by Gasteiger charge is -2.29. The van der Waals surface area contributed by atoms with Crippen molar-refractivity contribution in [2.45, 2.75) is 31.6 Å². The number of nitrogens with zero attached hydrogens (tertiary/aromatic N) is 4. The molecule has 2 amide bonds. The van der Waals surface area contributed by atoms with Crippen LogP contribution in [0.5, 0.6) is 0 Å². The van der Waals surface area contributed by atoms with E-state index in [4.69, 9.17) is 16.3 Å². The Morgan fingerprint density at radius 1 is 1.32 bits per heavy atom. The Morgan fingerprint density at radius 3 is 2.75 bits per heavy atom. The van der Waals surface area contributed by atoms with Crippen molar-refractivity contribution in [2.75, 3.05) is 12.4 Å². The van der Waals surface area contributed by atoms with Gasteiger partial charge in [0.15, 0.2) is 0 Å². The van der Waals surface area contributed by atoms with E-state index in [9.17, 15) is 9.59 Å². The predicted molar refractivity (Wildman–Crippen MR) is 104 cm³/mol. The molecule has 11 heteroatoms. The number of hydrogen-bond acceptors (Lipinski definition) is 7. The van der Waals surface area contributed by atoms with Gasteiger partial charge in [-0.25, -0.2) is 14.3 Å². The molecule has 148 valence electrons. The molecule has 0 spiro atoms. The number of halogens is 1. The highest BCUT2D eigenvalue weighted by atomic mass is 35.5. The van der Waals surface area contributed by atoms with Crippen LogP contribution in [-0.4, -0.2) is 44.6 Å². The highest BCUT2D eigenvalue weighted by Crippen LogP contribution is 2.30. The molecule has 0 bridgehead atoms. The van der Waals surface area contributed by atoms with Gasteiger partial charge in [0.1, 0.15) is 0 Å². The maximum absolute atomic E-state index is 12.7. The summed E-state index contributed by atoms with van der Waals surface area (Å²) in [5.41, 5.74) is 1.52. The highest BCUT2D eigenvalue weighted by Gasteiger charge is 2.33. The highest BCUT2D eigenvalue weighted by molar-refractivity contribution is 7.99. The third-order valence-corrected chi connectivity index (χ3v) is 5.23. The molecule has 1 aromatic heterocycles.